The minimum Gasteiger partial charge on any atom is -0.496 e. The molecule has 0 atom stereocenters. The van der Waals surface area contributed by atoms with Crippen LogP contribution in [0.3, 0.4) is 0 Å². The molecule has 6 nitrogen and oxygen atoms in total. The molecule has 0 unspecified atom stereocenters. The summed E-state index contributed by atoms with van der Waals surface area (Å²) in [6, 6.07) is 10.4. The summed E-state index contributed by atoms with van der Waals surface area (Å²) in [5, 5.41) is 21.5. The minimum atomic E-state index is -1.05. The summed E-state index contributed by atoms with van der Waals surface area (Å²) in [4.78, 5) is 24.6. The molecule has 174 valence electrons. The Kier molecular flexibility index (Phi) is 5.65. The van der Waals surface area contributed by atoms with Crippen LogP contribution in [-0.2, 0) is 11.8 Å². The van der Waals surface area contributed by atoms with E-state index in [1.165, 1.54) is 50.2 Å². The predicted molar refractivity (Wildman–Crippen MR) is 125 cm³/mol. The van der Waals surface area contributed by atoms with Crippen molar-refractivity contribution in [3.05, 3.63) is 58.7 Å². The standard InChI is InChI=1S/C27H31NO5/c1-33-24-5-2-20(12-23(24)27-13-16-8-17(14-27)10-18(9-16)15-27)25(30)28-21-3-4-22(26(31)32)19(11-21)6-7-29/h2-5,11-12,16-18,29H,6-10,13-15H2,1H3,(H,28,30)(H,31,32). The van der Waals surface area contributed by atoms with E-state index in [2.05, 4.69) is 5.32 Å². The first-order chi connectivity index (χ1) is 15.9. The van der Waals surface area contributed by atoms with E-state index in [-0.39, 0.29) is 29.9 Å². The average Bonchev–Trinajstić information content (AvgIpc) is 2.78. The van der Waals surface area contributed by atoms with Crippen LogP contribution in [0.15, 0.2) is 36.4 Å². The van der Waals surface area contributed by atoms with E-state index in [4.69, 9.17) is 4.74 Å². The molecule has 4 bridgehead atoms. The van der Waals surface area contributed by atoms with Crippen molar-refractivity contribution >= 4 is 17.6 Å². The lowest BCUT2D eigenvalue weighted by atomic mass is 9.48. The molecular formula is C27H31NO5. The number of anilines is 1. The number of carbonyl (C=O) groups excluding carboxylic acids is 1. The zero-order chi connectivity index (χ0) is 23.2. The van der Waals surface area contributed by atoms with Crippen molar-refractivity contribution in [3.63, 3.8) is 0 Å². The molecular weight excluding hydrogens is 418 g/mol. The maximum Gasteiger partial charge on any atom is 0.335 e. The van der Waals surface area contributed by atoms with Gasteiger partial charge >= 0.3 is 5.97 Å². The number of carbonyl (C=O) groups is 2. The van der Waals surface area contributed by atoms with Gasteiger partial charge in [-0.1, -0.05) is 0 Å². The third kappa shape index (κ3) is 4.01. The number of methoxy groups -OCH3 is 1. The maximum atomic E-state index is 13.2. The Morgan fingerprint density at radius 1 is 1.03 bits per heavy atom. The molecule has 4 fully saturated rings. The highest BCUT2D eigenvalue weighted by molar-refractivity contribution is 6.05. The van der Waals surface area contributed by atoms with Crippen LogP contribution in [0.4, 0.5) is 5.69 Å². The number of aliphatic hydroxyl groups excluding tert-OH is 1. The smallest absolute Gasteiger partial charge is 0.335 e. The highest BCUT2D eigenvalue weighted by Crippen LogP contribution is 2.61. The summed E-state index contributed by atoms with van der Waals surface area (Å²) >= 11 is 0. The number of carboxylic acids is 1. The van der Waals surface area contributed by atoms with Gasteiger partial charge in [-0.15, -0.1) is 0 Å². The average molecular weight is 450 g/mol. The lowest BCUT2D eigenvalue weighted by Gasteiger charge is -2.57. The molecule has 1 amide bonds. The number of aliphatic hydroxyl groups is 1. The van der Waals surface area contributed by atoms with Gasteiger partial charge in [-0.25, -0.2) is 4.79 Å². The van der Waals surface area contributed by atoms with Crippen molar-refractivity contribution in [1.82, 2.24) is 0 Å². The fourth-order valence-corrected chi connectivity index (χ4v) is 7.11. The molecule has 4 saturated carbocycles. The van der Waals surface area contributed by atoms with E-state index >= 15 is 0 Å². The number of amides is 1. The highest BCUT2D eigenvalue weighted by Gasteiger charge is 2.52. The van der Waals surface area contributed by atoms with E-state index in [1.807, 2.05) is 12.1 Å². The van der Waals surface area contributed by atoms with Gasteiger partial charge in [-0.05, 0) is 110 Å². The maximum absolute atomic E-state index is 13.2. The van der Waals surface area contributed by atoms with Gasteiger partial charge in [0.15, 0.2) is 0 Å². The van der Waals surface area contributed by atoms with E-state index in [0.717, 1.165) is 23.5 Å². The topological polar surface area (TPSA) is 95.9 Å². The number of nitrogens with one attached hydrogen (secondary N) is 1. The van der Waals surface area contributed by atoms with Crippen molar-refractivity contribution in [1.29, 1.82) is 0 Å². The summed E-state index contributed by atoms with van der Waals surface area (Å²) in [7, 11) is 1.70. The van der Waals surface area contributed by atoms with Crippen LogP contribution in [0.1, 0.15) is 70.4 Å². The van der Waals surface area contributed by atoms with Crippen molar-refractivity contribution in [2.45, 2.75) is 50.4 Å². The van der Waals surface area contributed by atoms with Gasteiger partial charge in [-0.2, -0.15) is 0 Å². The molecule has 4 aliphatic rings. The van der Waals surface area contributed by atoms with E-state index in [1.54, 1.807) is 25.3 Å². The zero-order valence-corrected chi connectivity index (χ0v) is 19.0. The molecule has 33 heavy (non-hydrogen) atoms. The molecule has 0 aromatic heterocycles. The molecule has 2 aromatic carbocycles. The molecule has 3 N–H and O–H groups in total. The van der Waals surface area contributed by atoms with Crippen LogP contribution in [0, 0.1) is 17.8 Å². The van der Waals surface area contributed by atoms with Crippen LogP contribution >= 0.6 is 0 Å². The Bertz CT molecular complexity index is 1060. The van der Waals surface area contributed by atoms with Crippen LogP contribution in [-0.4, -0.2) is 35.8 Å². The van der Waals surface area contributed by atoms with Crippen molar-refractivity contribution in [2.75, 3.05) is 19.0 Å². The Morgan fingerprint density at radius 2 is 1.70 bits per heavy atom. The molecule has 0 aliphatic heterocycles. The first-order valence-electron chi connectivity index (χ1n) is 11.9. The number of carboxylic acid groups (broad SMARTS) is 1. The quantitative estimate of drug-likeness (QED) is 0.572. The number of ether oxygens (including phenoxy) is 1. The van der Waals surface area contributed by atoms with Gasteiger partial charge in [0.1, 0.15) is 5.75 Å². The second-order valence-electron chi connectivity index (χ2n) is 10.2. The summed E-state index contributed by atoms with van der Waals surface area (Å²) in [6.07, 6.45) is 7.81. The summed E-state index contributed by atoms with van der Waals surface area (Å²) in [5.74, 6) is 1.95. The minimum absolute atomic E-state index is 0.105. The number of rotatable bonds is 7. The van der Waals surface area contributed by atoms with Gasteiger partial charge in [0.2, 0.25) is 0 Å². The molecule has 6 heteroatoms. The third-order valence-electron chi connectivity index (χ3n) is 8.05. The number of benzene rings is 2. The molecule has 2 aromatic rings. The normalized spacial score (nSPS) is 27.4. The lowest BCUT2D eigenvalue weighted by molar-refractivity contribution is -0.00617. The predicted octanol–water partition coefficient (Wildman–Crippen LogP) is 4.65. The molecule has 4 aliphatic carbocycles. The summed E-state index contributed by atoms with van der Waals surface area (Å²) < 4.78 is 5.76. The number of hydrogen-bond acceptors (Lipinski definition) is 4. The second kappa shape index (κ2) is 8.49. The van der Waals surface area contributed by atoms with Gasteiger partial charge in [-0.3, -0.25) is 4.79 Å². The van der Waals surface area contributed by atoms with Crippen LogP contribution < -0.4 is 10.1 Å². The summed E-state index contributed by atoms with van der Waals surface area (Å²) in [6.45, 7) is -0.162. The van der Waals surface area contributed by atoms with Gasteiger partial charge < -0.3 is 20.3 Å². The van der Waals surface area contributed by atoms with E-state index in [9.17, 15) is 19.8 Å². The van der Waals surface area contributed by atoms with Gasteiger partial charge in [0.05, 0.1) is 12.7 Å². The molecule has 0 radical (unpaired) electrons. The third-order valence-corrected chi connectivity index (χ3v) is 8.05. The molecule has 0 spiro atoms. The highest BCUT2D eigenvalue weighted by atomic mass is 16.5. The second-order valence-corrected chi connectivity index (χ2v) is 10.2. The monoisotopic (exact) mass is 449 g/mol. The largest absolute Gasteiger partial charge is 0.496 e. The first-order valence-corrected chi connectivity index (χ1v) is 11.9. The van der Waals surface area contributed by atoms with Crippen LogP contribution in [0.2, 0.25) is 0 Å². The van der Waals surface area contributed by atoms with Gasteiger partial charge in [0.25, 0.3) is 5.91 Å². The van der Waals surface area contributed by atoms with E-state index in [0.29, 0.717) is 16.8 Å². The van der Waals surface area contributed by atoms with E-state index < -0.39 is 5.97 Å². The number of aromatic carboxylic acids is 1. The van der Waals surface area contributed by atoms with Gasteiger partial charge in [0, 0.05) is 23.4 Å². The van der Waals surface area contributed by atoms with Crippen molar-refractivity contribution < 1.29 is 24.5 Å². The Balaban J connectivity index is 1.43. The fraction of sp³-hybridized carbons (Fsp3) is 0.481. The Morgan fingerprint density at radius 3 is 2.27 bits per heavy atom. The van der Waals surface area contributed by atoms with Crippen molar-refractivity contribution in [2.24, 2.45) is 17.8 Å². The lowest BCUT2D eigenvalue weighted by Crippen LogP contribution is -2.48. The Labute approximate surface area is 194 Å². The Hall–Kier alpha value is -2.86. The molecule has 0 heterocycles. The summed E-state index contributed by atoms with van der Waals surface area (Å²) in [5.41, 5.74) is 2.99. The SMILES string of the molecule is COc1ccc(C(=O)Nc2ccc(C(=O)O)c(CCO)c2)cc1C12CC3CC(CC(C3)C1)C2. The van der Waals surface area contributed by atoms with Crippen LogP contribution in [0.25, 0.3) is 0 Å². The van der Waals surface area contributed by atoms with Crippen molar-refractivity contribution in [3.8, 4) is 5.75 Å². The molecule has 6 rings (SSSR count). The fourth-order valence-electron chi connectivity index (χ4n) is 7.11. The van der Waals surface area contributed by atoms with Crippen LogP contribution in [0.5, 0.6) is 5.75 Å². The molecule has 0 saturated heterocycles. The number of hydrogen-bond donors (Lipinski definition) is 3. The first kappa shape index (κ1) is 22.0. The zero-order valence-electron chi connectivity index (χ0n) is 19.0.